The van der Waals surface area contributed by atoms with E-state index in [2.05, 4.69) is 6.92 Å². The molecule has 1 aliphatic heterocycles. The van der Waals surface area contributed by atoms with Gasteiger partial charge in [0.25, 0.3) is 0 Å². The van der Waals surface area contributed by atoms with Crippen molar-refractivity contribution < 1.29 is 24.4 Å². The van der Waals surface area contributed by atoms with Crippen LogP contribution in [0.15, 0.2) is 30.3 Å². The average molecular weight is 350 g/mol. The van der Waals surface area contributed by atoms with E-state index in [-0.39, 0.29) is 13.2 Å². The highest BCUT2D eigenvalue weighted by Gasteiger charge is 2.38. The van der Waals surface area contributed by atoms with Crippen LogP contribution < -0.4 is 4.74 Å². The van der Waals surface area contributed by atoms with Gasteiger partial charge in [0.1, 0.15) is 12.4 Å². The van der Waals surface area contributed by atoms with E-state index in [1.807, 2.05) is 12.1 Å². The number of aliphatic hydroxyl groups is 2. The maximum atomic E-state index is 9.35. The molecule has 0 unspecified atom stereocenters. The van der Waals surface area contributed by atoms with Crippen molar-refractivity contribution in [3.63, 3.8) is 0 Å². The maximum absolute atomic E-state index is 9.35. The lowest BCUT2D eigenvalue weighted by atomic mass is 10.1. The zero-order valence-corrected chi connectivity index (χ0v) is 14.5. The summed E-state index contributed by atoms with van der Waals surface area (Å²) in [5, 5.41) is 18.6. The Balaban J connectivity index is 1.67. The first kappa shape index (κ1) is 17.4. The van der Waals surface area contributed by atoms with Gasteiger partial charge in [0, 0.05) is 11.3 Å². The third-order valence-electron chi connectivity index (χ3n) is 4.16. The lowest BCUT2D eigenvalue weighted by Gasteiger charge is -2.24. The molecule has 0 atom stereocenters. The molecule has 2 aromatic rings. The third kappa shape index (κ3) is 3.48. The van der Waals surface area contributed by atoms with Gasteiger partial charge in [-0.25, -0.2) is 0 Å². The fourth-order valence-corrected chi connectivity index (χ4v) is 3.87. The van der Waals surface area contributed by atoms with Gasteiger partial charge in [-0.15, -0.1) is 11.3 Å². The first-order chi connectivity index (χ1) is 11.7. The van der Waals surface area contributed by atoms with Gasteiger partial charge in [-0.3, -0.25) is 0 Å². The van der Waals surface area contributed by atoms with E-state index in [0.717, 1.165) is 16.2 Å². The smallest absolute Gasteiger partial charge is 0.204 e. The summed E-state index contributed by atoms with van der Waals surface area (Å²) in [6.45, 7) is 3.53. The standard InChI is InChI=1S/C18H22O5S/c1-2-18(22-7-8-23-18)17-6-5-16(24-17)12-21-15-4-3-13(10-19)14(9-15)11-20/h3-6,9,19-20H,2,7-8,10-12H2,1H3. The van der Waals surface area contributed by atoms with Crippen LogP contribution in [0, 0.1) is 0 Å². The Kier molecular flexibility index (Phi) is 5.53. The maximum Gasteiger partial charge on any atom is 0.204 e. The second-order valence-corrected chi connectivity index (χ2v) is 6.77. The van der Waals surface area contributed by atoms with Crippen molar-refractivity contribution in [3.05, 3.63) is 51.2 Å². The van der Waals surface area contributed by atoms with Crippen molar-refractivity contribution in [2.45, 2.75) is 39.0 Å². The summed E-state index contributed by atoms with van der Waals surface area (Å²) < 4.78 is 17.4. The molecule has 1 aliphatic rings. The molecule has 0 aliphatic carbocycles. The van der Waals surface area contributed by atoms with Crippen LogP contribution in [-0.4, -0.2) is 23.4 Å². The normalized spacial score (nSPS) is 16.5. The van der Waals surface area contributed by atoms with Crippen LogP contribution in [0.4, 0.5) is 0 Å². The fraction of sp³-hybridized carbons (Fsp3) is 0.444. The summed E-state index contributed by atoms with van der Waals surface area (Å²) in [6, 6.07) is 9.39. The fourth-order valence-electron chi connectivity index (χ4n) is 2.78. The van der Waals surface area contributed by atoms with E-state index >= 15 is 0 Å². The minimum atomic E-state index is -0.601. The minimum absolute atomic E-state index is 0.0937. The summed E-state index contributed by atoms with van der Waals surface area (Å²) in [5.74, 6) is 0.0696. The van der Waals surface area contributed by atoms with Crippen LogP contribution in [0.1, 0.15) is 34.2 Å². The molecule has 1 aromatic carbocycles. The van der Waals surface area contributed by atoms with Gasteiger partial charge in [-0.05, 0) is 35.4 Å². The molecule has 24 heavy (non-hydrogen) atoms. The zero-order valence-electron chi connectivity index (χ0n) is 13.7. The number of hydrogen-bond acceptors (Lipinski definition) is 6. The first-order valence-electron chi connectivity index (χ1n) is 8.04. The van der Waals surface area contributed by atoms with Gasteiger partial charge in [0.15, 0.2) is 0 Å². The Morgan fingerprint density at radius 1 is 1.08 bits per heavy atom. The Morgan fingerprint density at radius 2 is 1.83 bits per heavy atom. The van der Waals surface area contributed by atoms with Crippen molar-refractivity contribution in [1.82, 2.24) is 0 Å². The summed E-state index contributed by atoms with van der Waals surface area (Å²) in [7, 11) is 0. The second-order valence-electron chi connectivity index (χ2n) is 5.60. The molecule has 1 fully saturated rings. The number of hydrogen-bond donors (Lipinski definition) is 2. The minimum Gasteiger partial charge on any atom is -0.488 e. The van der Waals surface area contributed by atoms with Gasteiger partial charge in [0.2, 0.25) is 5.79 Å². The SMILES string of the molecule is CCC1(c2ccc(COc3ccc(CO)c(CO)c3)s2)OCCO1. The lowest BCUT2D eigenvalue weighted by molar-refractivity contribution is -0.164. The van der Waals surface area contributed by atoms with E-state index in [4.69, 9.17) is 14.2 Å². The largest absolute Gasteiger partial charge is 0.488 e. The summed E-state index contributed by atoms with van der Waals surface area (Å²) >= 11 is 1.63. The molecule has 130 valence electrons. The number of ether oxygens (including phenoxy) is 3. The highest BCUT2D eigenvalue weighted by molar-refractivity contribution is 7.12. The molecule has 0 radical (unpaired) electrons. The zero-order chi connectivity index (χ0) is 17.0. The van der Waals surface area contributed by atoms with E-state index in [1.54, 1.807) is 29.5 Å². The quantitative estimate of drug-likeness (QED) is 0.804. The van der Waals surface area contributed by atoms with Crippen molar-refractivity contribution in [2.24, 2.45) is 0 Å². The average Bonchev–Trinajstić information content (AvgIpc) is 3.29. The van der Waals surface area contributed by atoms with Crippen LogP contribution in [0.5, 0.6) is 5.75 Å². The van der Waals surface area contributed by atoms with Gasteiger partial charge >= 0.3 is 0 Å². The predicted molar refractivity (Wildman–Crippen MR) is 90.8 cm³/mol. The van der Waals surface area contributed by atoms with E-state index < -0.39 is 5.79 Å². The van der Waals surface area contributed by atoms with Gasteiger partial charge < -0.3 is 24.4 Å². The van der Waals surface area contributed by atoms with Crippen LogP contribution in [0.3, 0.4) is 0 Å². The Bertz CT molecular complexity index is 676. The Morgan fingerprint density at radius 3 is 2.50 bits per heavy atom. The molecule has 3 rings (SSSR count). The lowest BCUT2D eigenvalue weighted by Crippen LogP contribution is -2.24. The molecule has 1 saturated heterocycles. The Labute approximate surface area is 145 Å². The van der Waals surface area contributed by atoms with Gasteiger partial charge in [-0.1, -0.05) is 13.0 Å². The van der Waals surface area contributed by atoms with E-state index in [0.29, 0.717) is 36.7 Å². The van der Waals surface area contributed by atoms with Crippen LogP contribution >= 0.6 is 11.3 Å². The summed E-state index contributed by atoms with van der Waals surface area (Å²) in [5.41, 5.74) is 1.39. The molecule has 2 N–H and O–H groups in total. The van der Waals surface area contributed by atoms with Crippen molar-refractivity contribution in [1.29, 1.82) is 0 Å². The van der Waals surface area contributed by atoms with Gasteiger partial charge in [-0.2, -0.15) is 0 Å². The summed E-state index contributed by atoms with van der Waals surface area (Å²) in [4.78, 5) is 2.14. The highest BCUT2D eigenvalue weighted by Crippen LogP contribution is 2.38. The van der Waals surface area contributed by atoms with Gasteiger partial charge in [0.05, 0.1) is 31.3 Å². The third-order valence-corrected chi connectivity index (χ3v) is 5.34. The second kappa shape index (κ2) is 7.63. The Hall–Kier alpha value is -1.44. The van der Waals surface area contributed by atoms with E-state index in [9.17, 15) is 10.2 Å². The number of rotatable bonds is 7. The first-order valence-corrected chi connectivity index (χ1v) is 8.86. The van der Waals surface area contributed by atoms with Crippen molar-refractivity contribution in [3.8, 4) is 5.75 Å². The molecule has 0 spiro atoms. The molecule has 5 nitrogen and oxygen atoms in total. The topological polar surface area (TPSA) is 68.2 Å². The highest BCUT2D eigenvalue weighted by atomic mass is 32.1. The predicted octanol–water partition coefficient (Wildman–Crippen LogP) is 2.92. The number of benzene rings is 1. The molecule has 2 heterocycles. The summed E-state index contributed by atoms with van der Waals surface area (Å²) in [6.07, 6.45) is 0.774. The molecule has 0 amide bonds. The van der Waals surface area contributed by atoms with Crippen molar-refractivity contribution >= 4 is 11.3 Å². The van der Waals surface area contributed by atoms with Crippen molar-refractivity contribution in [2.75, 3.05) is 13.2 Å². The number of aliphatic hydroxyl groups excluding tert-OH is 2. The monoisotopic (exact) mass is 350 g/mol. The molecular weight excluding hydrogens is 328 g/mol. The van der Waals surface area contributed by atoms with Crippen LogP contribution in [0.25, 0.3) is 0 Å². The molecule has 6 heteroatoms. The van der Waals surface area contributed by atoms with Crippen LogP contribution in [0.2, 0.25) is 0 Å². The molecule has 1 aromatic heterocycles. The van der Waals surface area contributed by atoms with E-state index in [1.165, 1.54) is 0 Å². The number of thiophene rings is 1. The molecule has 0 bridgehead atoms. The van der Waals surface area contributed by atoms with Crippen LogP contribution in [-0.2, 0) is 35.1 Å². The molecule has 0 saturated carbocycles. The molecular formula is C18H22O5S.